The second-order valence-corrected chi connectivity index (χ2v) is 6.93. The van der Waals surface area contributed by atoms with Crippen molar-refractivity contribution in [3.63, 3.8) is 0 Å². The first-order valence-electron chi connectivity index (χ1n) is 8.37. The second kappa shape index (κ2) is 5.72. The summed E-state index contributed by atoms with van der Waals surface area (Å²) in [5.74, 6) is 0. The molecule has 1 saturated heterocycles. The molecule has 0 aliphatic carbocycles. The molecule has 1 fully saturated rings. The SMILES string of the molecule is CC(C)n1cc(C2(O)CCN(Cc3coc4ccccc34)C2)nn1. The molecule has 1 atom stereocenters. The van der Waals surface area contributed by atoms with Crippen LogP contribution in [0.5, 0.6) is 0 Å². The summed E-state index contributed by atoms with van der Waals surface area (Å²) in [5.41, 5.74) is 1.80. The maximum absolute atomic E-state index is 11.0. The Morgan fingerprint density at radius 1 is 1.33 bits per heavy atom. The zero-order valence-electron chi connectivity index (χ0n) is 14.0. The van der Waals surface area contributed by atoms with Crippen molar-refractivity contribution in [2.24, 2.45) is 0 Å². The lowest BCUT2D eigenvalue weighted by Gasteiger charge is -2.20. The summed E-state index contributed by atoms with van der Waals surface area (Å²) in [6.45, 7) is 6.24. The van der Waals surface area contributed by atoms with E-state index in [2.05, 4.69) is 21.3 Å². The number of para-hydroxylation sites is 1. The molecule has 6 nitrogen and oxygen atoms in total. The van der Waals surface area contributed by atoms with E-state index in [1.54, 1.807) is 4.68 Å². The van der Waals surface area contributed by atoms with Gasteiger partial charge < -0.3 is 9.52 Å². The minimum absolute atomic E-state index is 0.240. The molecule has 0 spiro atoms. The second-order valence-electron chi connectivity index (χ2n) is 6.93. The lowest BCUT2D eigenvalue weighted by atomic mass is 10.00. The number of aromatic nitrogens is 3. The number of benzene rings is 1. The maximum atomic E-state index is 11.0. The molecule has 0 saturated carbocycles. The van der Waals surface area contributed by atoms with E-state index in [4.69, 9.17) is 4.42 Å². The zero-order chi connectivity index (χ0) is 16.7. The molecule has 2 aromatic heterocycles. The molecule has 1 aliphatic rings. The molecule has 0 bridgehead atoms. The van der Waals surface area contributed by atoms with Crippen LogP contribution in [-0.2, 0) is 12.1 Å². The van der Waals surface area contributed by atoms with Gasteiger partial charge in [-0.15, -0.1) is 5.10 Å². The molecule has 6 heteroatoms. The van der Waals surface area contributed by atoms with E-state index in [0.29, 0.717) is 18.7 Å². The molecule has 1 unspecified atom stereocenters. The van der Waals surface area contributed by atoms with E-state index < -0.39 is 5.60 Å². The van der Waals surface area contributed by atoms with E-state index >= 15 is 0 Å². The Labute approximate surface area is 140 Å². The molecule has 0 amide bonds. The van der Waals surface area contributed by atoms with Crippen molar-refractivity contribution < 1.29 is 9.52 Å². The van der Waals surface area contributed by atoms with Crippen molar-refractivity contribution in [1.29, 1.82) is 0 Å². The summed E-state index contributed by atoms with van der Waals surface area (Å²) in [6.07, 6.45) is 4.35. The molecule has 24 heavy (non-hydrogen) atoms. The van der Waals surface area contributed by atoms with E-state index in [9.17, 15) is 5.11 Å². The number of fused-ring (bicyclic) bond motifs is 1. The van der Waals surface area contributed by atoms with Gasteiger partial charge in [-0.3, -0.25) is 4.90 Å². The maximum Gasteiger partial charge on any atom is 0.134 e. The number of hydrogen-bond acceptors (Lipinski definition) is 5. The lowest BCUT2D eigenvalue weighted by molar-refractivity contribution is 0.0408. The standard InChI is InChI=1S/C18H22N4O2/c1-13(2)22-10-17(19-20-22)18(23)7-8-21(12-18)9-14-11-24-16-6-4-3-5-15(14)16/h3-6,10-11,13,23H,7-9,12H2,1-2H3. The third kappa shape index (κ3) is 2.61. The first kappa shape index (κ1) is 15.4. The topological polar surface area (TPSA) is 67.3 Å². The largest absolute Gasteiger partial charge is 0.464 e. The van der Waals surface area contributed by atoms with Crippen LogP contribution in [0.1, 0.15) is 37.6 Å². The summed E-state index contributed by atoms with van der Waals surface area (Å²) in [5, 5.41) is 20.4. The predicted octanol–water partition coefficient (Wildman–Crippen LogP) is 2.70. The smallest absolute Gasteiger partial charge is 0.134 e. The Balaban J connectivity index is 1.51. The van der Waals surface area contributed by atoms with Crippen molar-refractivity contribution in [2.45, 2.75) is 38.5 Å². The molecule has 0 radical (unpaired) electrons. The van der Waals surface area contributed by atoms with Crippen molar-refractivity contribution in [2.75, 3.05) is 13.1 Å². The minimum Gasteiger partial charge on any atom is -0.464 e. The first-order chi connectivity index (χ1) is 11.5. The normalized spacial score (nSPS) is 22.0. The van der Waals surface area contributed by atoms with Gasteiger partial charge in [0.25, 0.3) is 0 Å². The summed E-state index contributed by atoms with van der Waals surface area (Å²) in [7, 11) is 0. The number of β-amino-alcohol motifs (C(OH)–C–C–N with tert-alkyl or cyclic N) is 1. The predicted molar refractivity (Wildman–Crippen MR) is 90.4 cm³/mol. The highest BCUT2D eigenvalue weighted by molar-refractivity contribution is 5.80. The lowest BCUT2D eigenvalue weighted by Crippen LogP contribution is -2.31. The van der Waals surface area contributed by atoms with E-state index in [0.717, 1.165) is 29.6 Å². The Morgan fingerprint density at radius 2 is 2.17 bits per heavy atom. The molecule has 1 aromatic carbocycles. The van der Waals surface area contributed by atoms with Crippen molar-refractivity contribution >= 4 is 11.0 Å². The van der Waals surface area contributed by atoms with Crippen LogP contribution in [0, 0.1) is 0 Å². The average Bonchev–Trinajstić information content (AvgIpc) is 3.28. The van der Waals surface area contributed by atoms with Crippen LogP contribution in [-0.4, -0.2) is 38.1 Å². The van der Waals surface area contributed by atoms with Crippen molar-refractivity contribution in [3.8, 4) is 0 Å². The van der Waals surface area contributed by atoms with Gasteiger partial charge in [0.1, 0.15) is 16.9 Å². The van der Waals surface area contributed by atoms with Gasteiger partial charge in [0.15, 0.2) is 0 Å². The number of furan rings is 1. The highest BCUT2D eigenvalue weighted by Gasteiger charge is 2.40. The molecule has 4 rings (SSSR count). The molecule has 3 heterocycles. The third-order valence-corrected chi connectivity index (χ3v) is 4.80. The van der Waals surface area contributed by atoms with Crippen LogP contribution in [0.2, 0.25) is 0 Å². The van der Waals surface area contributed by atoms with Gasteiger partial charge in [0, 0.05) is 36.6 Å². The monoisotopic (exact) mass is 326 g/mol. The molecule has 1 aliphatic heterocycles. The fourth-order valence-corrected chi connectivity index (χ4v) is 3.35. The Hall–Kier alpha value is -2.18. The number of nitrogens with zero attached hydrogens (tertiary/aromatic N) is 4. The molecular weight excluding hydrogens is 304 g/mol. The molecule has 126 valence electrons. The van der Waals surface area contributed by atoms with Gasteiger partial charge in [-0.1, -0.05) is 23.4 Å². The van der Waals surface area contributed by atoms with Crippen LogP contribution < -0.4 is 0 Å². The highest BCUT2D eigenvalue weighted by atomic mass is 16.3. The van der Waals surface area contributed by atoms with E-state index in [1.807, 2.05) is 44.5 Å². The van der Waals surface area contributed by atoms with Gasteiger partial charge in [-0.05, 0) is 26.3 Å². The summed E-state index contributed by atoms with van der Waals surface area (Å²) in [6, 6.07) is 8.28. The Bertz CT molecular complexity index is 853. The minimum atomic E-state index is -0.924. The van der Waals surface area contributed by atoms with Crippen LogP contribution in [0.15, 0.2) is 41.1 Å². The van der Waals surface area contributed by atoms with Crippen LogP contribution in [0.3, 0.4) is 0 Å². The van der Waals surface area contributed by atoms with Crippen LogP contribution in [0.25, 0.3) is 11.0 Å². The summed E-state index contributed by atoms with van der Waals surface area (Å²) >= 11 is 0. The number of aliphatic hydroxyl groups is 1. The van der Waals surface area contributed by atoms with Gasteiger partial charge in [-0.2, -0.15) is 0 Å². The summed E-state index contributed by atoms with van der Waals surface area (Å²) < 4.78 is 7.40. The number of hydrogen-bond donors (Lipinski definition) is 1. The van der Waals surface area contributed by atoms with E-state index in [1.165, 1.54) is 0 Å². The molecule has 1 N–H and O–H groups in total. The average molecular weight is 326 g/mol. The van der Waals surface area contributed by atoms with Gasteiger partial charge in [0.05, 0.1) is 12.5 Å². The Kier molecular flexibility index (Phi) is 3.66. The number of likely N-dealkylation sites (tertiary alicyclic amines) is 1. The summed E-state index contributed by atoms with van der Waals surface area (Å²) in [4.78, 5) is 2.24. The van der Waals surface area contributed by atoms with Crippen molar-refractivity contribution in [3.05, 3.63) is 48.0 Å². The van der Waals surface area contributed by atoms with Gasteiger partial charge in [0.2, 0.25) is 0 Å². The van der Waals surface area contributed by atoms with Crippen molar-refractivity contribution in [1.82, 2.24) is 19.9 Å². The molecule has 3 aromatic rings. The quantitative estimate of drug-likeness (QED) is 0.798. The Morgan fingerprint density at radius 3 is 2.96 bits per heavy atom. The zero-order valence-corrected chi connectivity index (χ0v) is 14.0. The van der Waals surface area contributed by atoms with Gasteiger partial charge >= 0.3 is 0 Å². The van der Waals surface area contributed by atoms with Gasteiger partial charge in [-0.25, -0.2) is 4.68 Å². The fourth-order valence-electron chi connectivity index (χ4n) is 3.35. The fraction of sp³-hybridized carbons (Fsp3) is 0.444. The molecular formula is C18H22N4O2. The number of rotatable bonds is 4. The first-order valence-corrected chi connectivity index (χ1v) is 8.37. The van der Waals surface area contributed by atoms with Crippen LogP contribution in [0.4, 0.5) is 0 Å². The van der Waals surface area contributed by atoms with Crippen LogP contribution >= 0.6 is 0 Å². The highest BCUT2D eigenvalue weighted by Crippen LogP contribution is 2.32. The third-order valence-electron chi connectivity index (χ3n) is 4.80. The van der Waals surface area contributed by atoms with E-state index in [-0.39, 0.29) is 6.04 Å².